The fourth-order valence-electron chi connectivity index (χ4n) is 2.29. The zero-order chi connectivity index (χ0) is 11.4. The summed E-state index contributed by atoms with van der Waals surface area (Å²) >= 11 is 0. The van der Waals surface area contributed by atoms with Crippen molar-refractivity contribution in [3.8, 4) is 11.8 Å². The minimum Gasteiger partial charge on any atom is -0.379 e. The molecule has 1 heterocycles. The smallest absolute Gasteiger partial charge is 0.0603 e. The molecule has 2 aliphatic rings. The summed E-state index contributed by atoms with van der Waals surface area (Å²) in [6.45, 7) is 9.17. The summed E-state index contributed by atoms with van der Waals surface area (Å²) in [6.07, 6.45) is 2.47. The minimum absolute atomic E-state index is 0.529. The standard InChI is InChI=1S/C14H21NO/c1-12-5-6-14(13(12)2)4-3-7-15-8-10-16-11-9-15/h14H,5-11H2,1-2H3. The van der Waals surface area contributed by atoms with Crippen molar-refractivity contribution in [1.82, 2.24) is 4.90 Å². The van der Waals surface area contributed by atoms with Gasteiger partial charge < -0.3 is 4.74 Å². The lowest BCUT2D eigenvalue weighted by Crippen LogP contribution is -2.36. The third kappa shape index (κ3) is 2.87. The number of hydrogen-bond donors (Lipinski definition) is 0. The van der Waals surface area contributed by atoms with Crippen molar-refractivity contribution >= 4 is 0 Å². The molecule has 2 rings (SSSR count). The summed E-state index contributed by atoms with van der Waals surface area (Å²) in [5.41, 5.74) is 3.06. The second-order valence-electron chi connectivity index (χ2n) is 4.76. The number of rotatable bonds is 1. The Kier molecular flexibility index (Phi) is 4.04. The van der Waals surface area contributed by atoms with Crippen LogP contribution in [0.15, 0.2) is 11.1 Å². The molecular weight excluding hydrogens is 198 g/mol. The molecule has 0 aromatic carbocycles. The van der Waals surface area contributed by atoms with E-state index in [1.807, 2.05) is 0 Å². The van der Waals surface area contributed by atoms with Crippen LogP contribution in [-0.2, 0) is 4.74 Å². The Balaban J connectivity index is 1.81. The van der Waals surface area contributed by atoms with Gasteiger partial charge in [-0.15, -0.1) is 0 Å². The lowest BCUT2D eigenvalue weighted by molar-refractivity contribution is 0.0443. The monoisotopic (exact) mass is 219 g/mol. The van der Waals surface area contributed by atoms with Gasteiger partial charge in [-0.3, -0.25) is 4.90 Å². The Hall–Kier alpha value is -0.780. The van der Waals surface area contributed by atoms with Crippen molar-refractivity contribution in [2.45, 2.75) is 26.7 Å². The van der Waals surface area contributed by atoms with Gasteiger partial charge in [-0.1, -0.05) is 23.0 Å². The topological polar surface area (TPSA) is 12.5 Å². The van der Waals surface area contributed by atoms with Gasteiger partial charge in [0.25, 0.3) is 0 Å². The molecule has 1 saturated heterocycles. The van der Waals surface area contributed by atoms with Gasteiger partial charge in [0.2, 0.25) is 0 Å². The summed E-state index contributed by atoms with van der Waals surface area (Å²) in [5.74, 6) is 7.28. The van der Waals surface area contributed by atoms with Crippen LogP contribution in [0.2, 0.25) is 0 Å². The Bertz CT molecular complexity index is 328. The molecule has 88 valence electrons. The van der Waals surface area contributed by atoms with Crippen LogP contribution in [0.1, 0.15) is 26.7 Å². The van der Waals surface area contributed by atoms with Crippen LogP contribution in [0.4, 0.5) is 0 Å². The van der Waals surface area contributed by atoms with E-state index in [4.69, 9.17) is 4.74 Å². The lowest BCUT2D eigenvalue weighted by Gasteiger charge is -2.24. The van der Waals surface area contributed by atoms with Crippen LogP contribution in [0, 0.1) is 17.8 Å². The van der Waals surface area contributed by atoms with Gasteiger partial charge >= 0.3 is 0 Å². The first-order valence-corrected chi connectivity index (χ1v) is 6.22. The molecule has 2 nitrogen and oxygen atoms in total. The summed E-state index contributed by atoms with van der Waals surface area (Å²) in [7, 11) is 0. The van der Waals surface area contributed by atoms with Crippen LogP contribution in [0.25, 0.3) is 0 Å². The molecule has 2 heteroatoms. The number of allylic oxidation sites excluding steroid dienone is 2. The van der Waals surface area contributed by atoms with E-state index >= 15 is 0 Å². The van der Waals surface area contributed by atoms with E-state index in [2.05, 4.69) is 30.6 Å². The Morgan fingerprint density at radius 2 is 2.06 bits per heavy atom. The van der Waals surface area contributed by atoms with Crippen LogP contribution in [-0.4, -0.2) is 37.7 Å². The highest BCUT2D eigenvalue weighted by Crippen LogP contribution is 2.30. The molecule has 1 atom stereocenters. The second-order valence-corrected chi connectivity index (χ2v) is 4.76. The fraction of sp³-hybridized carbons (Fsp3) is 0.714. The van der Waals surface area contributed by atoms with Crippen LogP contribution in [0.5, 0.6) is 0 Å². The molecule has 1 aliphatic carbocycles. The van der Waals surface area contributed by atoms with Gasteiger partial charge in [-0.2, -0.15) is 0 Å². The quantitative estimate of drug-likeness (QED) is 0.494. The van der Waals surface area contributed by atoms with Crippen molar-refractivity contribution in [1.29, 1.82) is 0 Å². The average molecular weight is 219 g/mol. The zero-order valence-corrected chi connectivity index (χ0v) is 10.4. The highest BCUT2D eigenvalue weighted by Gasteiger charge is 2.17. The number of ether oxygens (including phenoxy) is 1. The minimum atomic E-state index is 0.529. The van der Waals surface area contributed by atoms with Crippen LogP contribution < -0.4 is 0 Å². The molecule has 0 radical (unpaired) electrons. The average Bonchev–Trinajstić information content (AvgIpc) is 2.62. The molecule has 1 fully saturated rings. The van der Waals surface area contributed by atoms with Crippen molar-refractivity contribution in [3.05, 3.63) is 11.1 Å². The third-order valence-electron chi connectivity index (χ3n) is 3.69. The SMILES string of the molecule is CC1=C(C)C(C#CCN2CCOCC2)CC1. The van der Waals surface area contributed by atoms with Gasteiger partial charge in [0.05, 0.1) is 19.8 Å². The Labute approximate surface area is 98.7 Å². The highest BCUT2D eigenvalue weighted by molar-refractivity contribution is 5.27. The number of morpholine rings is 1. The van der Waals surface area contributed by atoms with Gasteiger partial charge in [-0.25, -0.2) is 0 Å². The Morgan fingerprint density at radius 3 is 2.69 bits per heavy atom. The third-order valence-corrected chi connectivity index (χ3v) is 3.69. The molecule has 1 aliphatic heterocycles. The molecule has 0 N–H and O–H groups in total. The van der Waals surface area contributed by atoms with Gasteiger partial charge in [-0.05, 0) is 26.7 Å². The highest BCUT2D eigenvalue weighted by atomic mass is 16.5. The van der Waals surface area contributed by atoms with Crippen LogP contribution >= 0.6 is 0 Å². The van der Waals surface area contributed by atoms with Gasteiger partial charge in [0.1, 0.15) is 0 Å². The molecule has 0 aromatic heterocycles. The predicted octanol–water partition coefficient (Wildman–Crippen LogP) is 2.07. The van der Waals surface area contributed by atoms with Crippen molar-refractivity contribution in [3.63, 3.8) is 0 Å². The molecule has 0 saturated carbocycles. The van der Waals surface area contributed by atoms with E-state index in [9.17, 15) is 0 Å². The molecule has 0 aromatic rings. The lowest BCUT2D eigenvalue weighted by atomic mass is 10.0. The van der Waals surface area contributed by atoms with E-state index in [0.29, 0.717) is 5.92 Å². The van der Waals surface area contributed by atoms with E-state index in [1.54, 1.807) is 5.57 Å². The van der Waals surface area contributed by atoms with Gasteiger partial charge in [0.15, 0.2) is 0 Å². The molecule has 1 unspecified atom stereocenters. The molecule has 0 amide bonds. The van der Waals surface area contributed by atoms with Gasteiger partial charge in [0, 0.05) is 19.0 Å². The second kappa shape index (κ2) is 5.52. The molecule has 0 bridgehead atoms. The van der Waals surface area contributed by atoms with Crippen LogP contribution in [0.3, 0.4) is 0 Å². The van der Waals surface area contributed by atoms with E-state index < -0.39 is 0 Å². The molecule has 16 heavy (non-hydrogen) atoms. The van der Waals surface area contributed by atoms with E-state index in [1.165, 1.54) is 18.4 Å². The maximum atomic E-state index is 5.31. The summed E-state index contributed by atoms with van der Waals surface area (Å²) < 4.78 is 5.31. The van der Waals surface area contributed by atoms with E-state index in [-0.39, 0.29) is 0 Å². The number of nitrogens with zero attached hydrogens (tertiary/aromatic N) is 1. The maximum absolute atomic E-state index is 5.31. The van der Waals surface area contributed by atoms with Crippen molar-refractivity contribution < 1.29 is 4.74 Å². The summed E-state index contributed by atoms with van der Waals surface area (Å²) in [6, 6.07) is 0. The van der Waals surface area contributed by atoms with Crippen molar-refractivity contribution in [2.24, 2.45) is 5.92 Å². The molecular formula is C14H21NO. The van der Waals surface area contributed by atoms with Crippen molar-refractivity contribution in [2.75, 3.05) is 32.8 Å². The zero-order valence-electron chi connectivity index (χ0n) is 10.4. The predicted molar refractivity (Wildman–Crippen MR) is 66.1 cm³/mol. The van der Waals surface area contributed by atoms with E-state index in [0.717, 1.165) is 32.8 Å². The first-order valence-electron chi connectivity index (χ1n) is 6.22. The summed E-state index contributed by atoms with van der Waals surface area (Å²) in [4.78, 5) is 2.37. The number of hydrogen-bond acceptors (Lipinski definition) is 2. The Morgan fingerprint density at radius 1 is 1.31 bits per heavy atom. The normalized spacial score (nSPS) is 26.8. The first kappa shape index (κ1) is 11.7. The fourth-order valence-corrected chi connectivity index (χ4v) is 2.29. The largest absolute Gasteiger partial charge is 0.379 e. The maximum Gasteiger partial charge on any atom is 0.0603 e. The molecule has 0 spiro atoms. The summed E-state index contributed by atoms with van der Waals surface area (Å²) in [5, 5.41) is 0. The first-order chi connectivity index (χ1) is 7.77.